The van der Waals surface area contributed by atoms with E-state index in [1.54, 1.807) is 13.1 Å². The molecule has 0 N–H and O–H groups in total. The third-order valence-corrected chi connectivity index (χ3v) is 4.04. The molecule has 0 spiro atoms. The van der Waals surface area contributed by atoms with E-state index < -0.39 is 8.32 Å². The van der Waals surface area contributed by atoms with Gasteiger partial charge in [0, 0.05) is 0 Å². The molecule has 84 valence electrons. The molecule has 1 aromatic rings. The maximum Gasteiger partial charge on any atom is 1.00 e. The van der Waals surface area contributed by atoms with Crippen molar-refractivity contribution in [1.29, 1.82) is 0 Å². The fourth-order valence-corrected chi connectivity index (χ4v) is 2.26. The predicted octanol–water partition coefficient (Wildman–Crippen LogP) is -1.36. The van der Waals surface area contributed by atoms with Gasteiger partial charge in [-0.3, -0.25) is 0 Å². The number of rotatable bonds is 5. The molecule has 2 nitrogen and oxygen atoms in total. The van der Waals surface area contributed by atoms with E-state index in [1.165, 1.54) is 0 Å². The van der Waals surface area contributed by atoms with Gasteiger partial charge in [0.1, 0.15) is 5.75 Å². The van der Waals surface area contributed by atoms with Gasteiger partial charge in [0.25, 0.3) is 0 Å². The van der Waals surface area contributed by atoms with E-state index in [1.807, 2.05) is 24.3 Å². The monoisotopic (exact) mass is 262 g/mol. The molecule has 0 aliphatic rings. The van der Waals surface area contributed by atoms with Crippen molar-refractivity contribution in [2.75, 3.05) is 6.61 Å². The maximum atomic E-state index is 11.8. The Morgan fingerprint density at radius 1 is 1.19 bits per heavy atom. The molecular weight excluding hydrogens is 243 g/mol. The van der Waals surface area contributed by atoms with Gasteiger partial charge in [-0.2, -0.15) is 0 Å². The molecule has 16 heavy (non-hydrogen) atoms. The molecule has 0 radical (unpaired) electrons. The zero-order valence-electron chi connectivity index (χ0n) is 10.7. The first-order valence-electron chi connectivity index (χ1n) is 5.48. The molecule has 0 aromatic heterocycles. The van der Waals surface area contributed by atoms with Crippen molar-refractivity contribution in [3.8, 4) is 5.75 Å². The fraction of sp³-hybridized carbons (Fsp3) is 0.500. The Balaban J connectivity index is 0.00000225. The molecule has 1 rings (SSSR count). The van der Waals surface area contributed by atoms with Crippen LogP contribution in [0.3, 0.4) is 0 Å². The molecule has 0 aliphatic heterocycles. The Labute approximate surface area is 142 Å². The molecule has 0 saturated heterocycles. The summed E-state index contributed by atoms with van der Waals surface area (Å²) in [7, 11) is -2.40. The van der Waals surface area contributed by atoms with Gasteiger partial charge in [0.15, 0.2) is 0 Å². The number of ether oxygens (including phenoxy) is 1. The second kappa shape index (κ2) is 8.03. The molecule has 0 saturated carbocycles. The third-order valence-electron chi connectivity index (χ3n) is 2.32. The second-order valence-corrected chi connectivity index (χ2v) is 7.83. The Kier molecular flexibility index (Phi) is 8.44. The third kappa shape index (κ3) is 5.95. The Bertz CT molecular complexity index is 293. The molecular formula is C12H19KO2Si. The summed E-state index contributed by atoms with van der Waals surface area (Å²) in [6.45, 7) is 6.51. The number of hydrogen-bond acceptors (Lipinski definition) is 2. The first kappa shape index (κ1) is 16.8. The van der Waals surface area contributed by atoms with Crippen LogP contribution in [0.5, 0.6) is 5.75 Å². The van der Waals surface area contributed by atoms with Crippen LogP contribution >= 0.6 is 0 Å². The largest absolute Gasteiger partial charge is 1.00 e. The van der Waals surface area contributed by atoms with Crippen molar-refractivity contribution in [3.63, 3.8) is 0 Å². The van der Waals surface area contributed by atoms with E-state index in [4.69, 9.17) is 4.74 Å². The van der Waals surface area contributed by atoms with Crippen LogP contribution in [0.1, 0.15) is 19.8 Å². The van der Waals surface area contributed by atoms with Gasteiger partial charge in [-0.1, -0.05) is 43.8 Å². The topological polar surface area (TPSA) is 32.3 Å². The van der Waals surface area contributed by atoms with Crippen LogP contribution in [0, 0.1) is 0 Å². The summed E-state index contributed by atoms with van der Waals surface area (Å²) in [5.74, 6) is 0.866. The van der Waals surface area contributed by atoms with Crippen molar-refractivity contribution in [3.05, 3.63) is 24.3 Å². The van der Waals surface area contributed by atoms with Gasteiger partial charge in [-0.25, -0.2) is 0 Å². The number of hydrogen-bond donors (Lipinski definition) is 0. The molecule has 4 heteroatoms. The minimum absolute atomic E-state index is 0. The molecule has 0 unspecified atom stereocenters. The van der Waals surface area contributed by atoms with Crippen molar-refractivity contribution in [1.82, 2.24) is 0 Å². The first-order chi connectivity index (χ1) is 7.04. The summed E-state index contributed by atoms with van der Waals surface area (Å²) in [6.07, 6.45) is 2.21. The molecule has 0 heterocycles. The molecule has 0 aliphatic carbocycles. The maximum absolute atomic E-state index is 11.8. The van der Waals surface area contributed by atoms with Crippen LogP contribution in [0.4, 0.5) is 0 Å². The number of benzene rings is 1. The second-order valence-electron chi connectivity index (χ2n) is 4.24. The summed E-state index contributed by atoms with van der Waals surface area (Å²) < 4.78 is 5.53. The molecule has 0 amide bonds. The standard InChI is InChI=1S/C12H19O2Si.K/c1-4-5-10-14-11-6-8-12(9-7-11)15(2,3)13;/h6-9H,4-5,10H2,1-3H3;/q-1;+1. The summed E-state index contributed by atoms with van der Waals surface area (Å²) >= 11 is 0. The van der Waals surface area contributed by atoms with Crippen molar-refractivity contribution < 1.29 is 60.9 Å². The van der Waals surface area contributed by atoms with Crippen LogP contribution in [0.15, 0.2) is 24.3 Å². The normalized spacial score (nSPS) is 10.8. The smallest absolute Gasteiger partial charge is 0.855 e. The quantitative estimate of drug-likeness (QED) is 0.485. The van der Waals surface area contributed by atoms with E-state index in [0.717, 1.165) is 30.4 Å². The van der Waals surface area contributed by atoms with Crippen molar-refractivity contribution in [2.24, 2.45) is 0 Å². The average molecular weight is 262 g/mol. The summed E-state index contributed by atoms with van der Waals surface area (Å²) in [4.78, 5) is 11.8. The van der Waals surface area contributed by atoms with Gasteiger partial charge in [0.2, 0.25) is 0 Å². The Morgan fingerprint density at radius 3 is 2.19 bits per heavy atom. The molecule has 0 fully saturated rings. The zero-order chi connectivity index (χ0) is 11.3. The van der Waals surface area contributed by atoms with Crippen molar-refractivity contribution in [2.45, 2.75) is 32.9 Å². The van der Waals surface area contributed by atoms with Crippen LogP contribution in [-0.2, 0) is 0 Å². The Morgan fingerprint density at radius 2 is 1.75 bits per heavy atom. The minimum Gasteiger partial charge on any atom is -0.855 e. The first-order valence-corrected chi connectivity index (χ1v) is 8.38. The van der Waals surface area contributed by atoms with E-state index in [0.29, 0.717) is 0 Å². The van der Waals surface area contributed by atoms with Crippen LogP contribution in [-0.4, -0.2) is 14.9 Å². The number of unbranched alkanes of at least 4 members (excludes halogenated alkanes) is 1. The minimum atomic E-state index is -2.40. The van der Waals surface area contributed by atoms with E-state index in [-0.39, 0.29) is 51.4 Å². The van der Waals surface area contributed by atoms with Crippen LogP contribution in [0.25, 0.3) is 0 Å². The molecule has 1 aromatic carbocycles. The fourth-order valence-electron chi connectivity index (χ4n) is 1.29. The van der Waals surface area contributed by atoms with E-state index >= 15 is 0 Å². The Hall–Kier alpha value is 0.833. The van der Waals surface area contributed by atoms with Crippen molar-refractivity contribution >= 4 is 13.5 Å². The predicted molar refractivity (Wildman–Crippen MR) is 64.0 cm³/mol. The van der Waals surface area contributed by atoms with Gasteiger partial charge >= 0.3 is 51.4 Å². The van der Waals surface area contributed by atoms with Gasteiger partial charge < -0.3 is 9.53 Å². The summed E-state index contributed by atoms with van der Waals surface area (Å²) in [6, 6.07) is 7.61. The van der Waals surface area contributed by atoms with Gasteiger partial charge in [-0.05, 0) is 26.9 Å². The van der Waals surface area contributed by atoms with Gasteiger partial charge in [-0.15, -0.1) is 0 Å². The average Bonchev–Trinajstić information content (AvgIpc) is 2.18. The van der Waals surface area contributed by atoms with E-state index in [9.17, 15) is 4.80 Å². The zero-order valence-corrected chi connectivity index (χ0v) is 14.9. The van der Waals surface area contributed by atoms with Gasteiger partial charge in [0.05, 0.1) is 6.61 Å². The summed E-state index contributed by atoms with van der Waals surface area (Å²) in [5.41, 5.74) is 0. The van der Waals surface area contributed by atoms with Crippen LogP contribution in [0.2, 0.25) is 13.1 Å². The van der Waals surface area contributed by atoms with Crippen LogP contribution < -0.4 is 66.1 Å². The molecule has 0 bridgehead atoms. The SMILES string of the molecule is CCCCOc1ccc([Si](C)(C)[O-])cc1.[K+]. The van der Waals surface area contributed by atoms with E-state index in [2.05, 4.69) is 6.92 Å². The molecule has 0 atom stereocenters. The summed E-state index contributed by atoms with van der Waals surface area (Å²) in [5, 5.41) is 0.936.